The van der Waals surface area contributed by atoms with Crippen molar-refractivity contribution in [3.63, 3.8) is 0 Å². The highest BCUT2D eigenvalue weighted by atomic mass is 79.9. The third kappa shape index (κ3) is 1.90. The van der Waals surface area contributed by atoms with E-state index in [1.807, 2.05) is 0 Å². The number of hydrogen-bond acceptors (Lipinski definition) is 4. The van der Waals surface area contributed by atoms with Gasteiger partial charge in [-0.2, -0.15) is 4.68 Å². The minimum atomic E-state index is -0.982. The summed E-state index contributed by atoms with van der Waals surface area (Å²) in [7, 11) is 0. The van der Waals surface area contributed by atoms with Crippen molar-refractivity contribution in [1.82, 2.24) is 20.2 Å². The molecule has 1 heterocycles. The summed E-state index contributed by atoms with van der Waals surface area (Å²) in [4.78, 5) is 11.1. The molecule has 0 spiro atoms. The van der Waals surface area contributed by atoms with E-state index in [1.54, 1.807) is 22.9 Å². The number of aromatic nitrogens is 4. The minimum absolute atomic E-state index is 0.199. The Balaban J connectivity index is 2.08. The van der Waals surface area contributed by atoms with Gasteiger partial charge >= 0.3 is 5.97 Å². The van der Waals surface area contributed by atoms with Crippen molar-refractivity contribution in [2.45, 2.75) is 18.8 Å². The highest BCUT2D eigenvalue weighted by molar-refractivity contribution is 9.10. The fourth-order valence-electron chi connectivity index (χ4n) is 1.78. The molecule has 7 heteroatoms. The summed E-state index contributed by atoms with van der Waals surface area (Å²) in [5.41, 5.74) is 0.868. The average molecular weight is 309 g/mol. The van der Waals surface area contributed by atoms with Gasteiger partial charge in [-0.1, -0.05) is 0 Å². The van der Waals surface area contributed by atoms with Gasteiger partial charge in [0.05, 0.1) is 11.3 Å². The topological polar surface area (TPSA) is 80.9 Å². The van der Waals surface area contributed by atoms with Crippen LogP contribution in [0.3, 0.4) is 0 Å². The number of tetrazole rings is 1. The van der Waals surface area contributed by atoms with E-state index in [2.05, 4.69) is 31.5 Å². The zero-order chi connectivity index (χ0) is 12.7. The predicted octanol–water partition coefficient (Wildman–Crippen LogP) is 2.00. The van der Waals surface area contributed by atoms with Crippen molar-refractivity contribution in [1.29, 1.82) is 0 Å². The number of carboxylic acids is 1. The molecule has 0 saturated heterocycles. The van der Waals surface area contributed by atoms with Gasteiger partial charge in [0.15, 0.2) is 5.82 Å². The number of carbonyl (C=O) groups is 1. The van der Waals surface area contributed by atoms with Crippen LogP contribution in [0.5, 0.6) is 0 Å². The first-order chi connectivity index (χ1) is 8.66. The second-order valence-corrected chi connectivity index (χ2v) is 5.05. The highest BCUT2D eigenvalue weighted by Gasteiger charge is 2.30. The van der Waals surface area contributed by atoms with Gasteiger partial charge in [-0.15, -0.1) is 5.10 Å². The largest absolute Gasteiger partial charge is 0.478 e. The Morgan fingerprint density at radius 3 is 2.89 bits per heavy atom. The van der Waals surface area contributed by atoms with E-state index in [9.17, 15) is 4.79 Å². The number of halogens is 1. The maximum absolute atomic E-state index is 11.1. The first-order valence-electron chi connectivity index (χ1n) is 5.48. The summed E-state index contributed by atoms with van der Waals surface area (Å²) in [6.45, 7) is 0. The molecule has 1 aromatic carbocycles. The van der Waals surface area contributed by atoms with Gasteiger partial charge in [-0.25, -0.2) is 4.79 Å². The van der Waals surface area contributed by atoms with E-state index in [0.29, 0.717) is 16.1 Å². The zero-order valence-electron chi connectivity index (χ0n) is 9.25. The van der Waals surface area contributed by atoms with E-state index in [4.69, 9.17) is 5.11 Å². The number of benzene rings is 1. The van der Waals surface area contributed by atoms with E-state index in [0.717, 1.165) is 18.7 Å². The van der Waals surface area contributed by atoms with E-state index < -0.39 is 5.97 Å². The maximum atomic E-state index is 11.1. The predicted molar refractivity (Wildman–Crippen MR) is 65.8 cm³/mol. The summed E-state index contributed by atoms with van der Waals surface area (Å²) < 4.78 is 2.15. The maximum Gasteiger partial charge on any atom is 0.336 e. The Labute approximate surface area is 111 Å². The first-order valence-corrected chi connectivity index (χ1v) is 6.27. The Hall–Kier alpha value is -1.76. The molecule has 6 nitrogen and oxygen atoms in total. The van der Waals surface area contributed by atoms with E-state index >= 15 is 0 Å². The Bertz CT molecular complexity index is 621. The smallest absolute Gasteiger partial charge is 0.336 e. The van der Waals surface area contributed by atoms with Crippen LogP contribution in [0.15, 0.2) is 22.7 Å². The number of nitrogens with zero attached hydrogens (tertiary/aromatic N) is 4. The van der Waals surface area contributed by atoms with Crippen LogP contribution in [0.25, 0.3) is 5.69 Å². The number of aromatic carboxylic acids is 1. The standard InChI is InChI=1S/C11H9BrN4O2/c12-9-4-3-7(5-8(9)11(17)18)16-10(6-1-2-6)13-14-15-16/h3-6H,1-2H2,(H,17,18). The molecule has 1 aliphatic rings. The summed E-state index contributed by atoms with van der Waals surface area (Å²) in [6, 6.07) is 5.05. The lowest BCUT2D eigenvalue weighted by Crippen LogP contribution is -2.05. The van der Waals surface area contributed by atoms with Crippen LogP contribution < -0.4 is 0 Å². The minimum Gasteiger partial charge on any atom is -0.478 e. The summed E-state index contributed by atoms with van der Waals surface area (Å²) >= 11 is 3.21. The SMILES string of the molecule is O=C(O)c1cc(-n2nnnc2C2CC2)ccc1Br. The van der Waals surface area contributed by atoms with E-state index in [1.165, 1.54) is 0 Å². The molecular weight excluding hydrogens is 300 g/mol. The molecule has 1 aliphatic carbocycles. The molecule has 1 aromatic heterocycles. The molecule has 0 amide bonds. The van der Waals surface area contributed by atoms with Crippen molar-refractivity contribution >= 4 is 21.9 Å². The molecule has 1 saturated carbocycles. The monoisotopic (exact) mass is 308 g/mol. The zero-order valence-corrected chi connectivity index (χ0v) is 10.8. The molecule has 0 unspecified atom stereocenters. The third-order valence-electron chi connectivity index (χ3n) is 2.86. The molecule has 0 atom stereocenters. The Kier molecular flexibility index (Phi) is 2.62. The molecule has 0 bridgehead atoms. The highest BCUT2D eigenvalue weighted by Crippen LogP contribution is 2.39. The van der Waals surface area contributed by atoms with E-state index in [-0.39, 0.29) is 5.56 Å². The normalized spacial score (nSPS) is 14.7. The molecule has 18 heavy (non-hydrogen) atoms. The van der Waals surface area contributed by atoms with Crippen LogP contribution in [0, 0.1) is 0 Å². The van der Waals surface area contributed by atoms with Crippen LogP contribution in [-0.2, 0) is 0 Å². The van der Waals surface area contributed by atoms with Crippen LogP contribution in [0.4, 0.5) is 0 Å². The lowest BCUT2D eigenvalue weighted by molar-refractivity contribution is 0.0696. The van der Waals surface area contributed by atoms with Gasteiger partial charge in [-0.3, -0.25) is 0 Å². The molecule has 0 aliphatic heterocycles. The van der Waals surface area contributed by atoms with Crippen LogP contribution in [-0.4, -0.2) is 31.3 Å². The molecule has 1 fully saturated rings. The van der Waals surface area contributed by atoms with Crippen molar-refractivity contribution in [2.24, 2.45) is 0 Å². The molecule has 3 rings (SSSR count). The van der Waals surface area contributed by atoms with Crippen molar-refractivity contribution in [3.05, 3.63) is 34.1 Å². The molecule has 2 aromatic rings. The quantitative estimate of drug-likeness (QED) is 0.938. The van der Waals surface area contributed by atoms with Crippen LogP contribution in [0.2, 0.25) is 0 Å². The Morgan fingerprint density at radius 2 is 2.22 bits per heavy atom. The second kappa shape index (κ2) is 4.16. The molecule has 0 radical (unpaired) electrons. The lowest BCUT2D eigenvalue weighted by Gasteiger charge is -2.06. The van der Waals surface area contributed by atoms with Gasteiger partial charge in [0.25, 0.3) is 0 Å². The molecule has 1 N–H and O–H groups in total. The third-order valence-corrected chi connectivity index (χ3v) is 3.55. The van der Waals surface area contributed by atoms with Crippen LogP contribution in [0.1, 0.15) is 34.9 Å². The molecule has 92 valence electrons. The number of carboxylic acid groups (broad SMARTS) is 1. The summed E-state index contributed by atoms with van der Waals surface area (Å²) in [5, 5.41) is 20.7. The van der Waals surface area contributed by atoms with Crippen molar-refractivity contribution in [2.75, 3.05) is 0 Å². The fourth-order valence-corrected chi connectivity index (χ4v) is 2.20. The number of rotatable bonds is 3. The van der Waals surface area contributed by atoms with Gasteiger partial charge in [0.2, 0.25) is 0 Å². The fraction of sp³-hybridized carbons (Fsp3) is 0.273. The van der Waals surface area contributed by atoms with Crippen molar-refractivity contribution < 1.29 is 9.90 Å². The number of hydrogen-bond donors (Lipinski definition) is 1. The average Bonchev–Trinajstić information content (AvgIpc) is 3.08. The van der Waals surface area contributed by atoms with Crippen molar-refractivity contribution in [3.8, 4) is 5.69 Å². The Morgan fingerprint density at radius 1 is 1.44 bits per heavy atom. The van der Waals surface area contributed by atoms with Gasteiger partial charge < -0.3 is 5.11 Å². The van der Waals surface area contributed by atoms with Gasteiger partial charge in [-0.05, 0) is 57.4 Å². The van der Waals surface area contributed by atoms with Gasteiger partial charge in [0.1, 0.15) is 0 Å². The summed E-state index contributed by atoms with van der Waals surface area (Å²) in [5.74, 6) is 0.218. The molecular formula is C11H9BrN4O2. The second-order valence-electron chi connectivity index (χ2n) is 4.19. The van der Waals surface area contributed by atoms with Crippen LogP contribution >= 0.6 is 15.9 Å². The first kappa shape index (κ1) is 11.3. The summed E-state index contributed by atoms with van der Waals surface area (Å²) in [6.07, 6.45) is 2.17. The van der Waals surface area contributed by atoms with Gasteiger partial charge in [0, 0.05) is 10.4 Å². The lowest BCUT2D eigenvalue weighted by atomic mass is 10.2.